The monoisotopic (exact) mass is 656 g/mol. The molecule has 1 N–H and O–H groups in total. The fourth-order valence-electron chi connectivity index (χ4n) is 5.80. The van der Waals surface area contributed by atoms with Crippen molar-refractivity contribution in [3.8, 4) is 5.75 Å². The number of benzene rings is 3. The SMILES string of the molecule is CO[C@@]1(N=Cc2cc(C(C)C)c(O)c(C(C)C)c2)C(=O)N2C(C(=O)OC(c3ccccc3)c3ccccc3)=C(COC(C)=O)CS[C@H]21. The molecule has 0 spiro atoms. The number of ether oxygens (including phenoxy) is 3. The van der Waals surface area contributed by atoms with Crippen LogP contribution in [0.25, 0.3) is 0 Å². The van der Waals surface area contributed by atoms with E-state index >= 15 is 0 Å². The molecule has 0 aromatic heterocycles. The molecule has 0 bridgehead atoms. The molecule has 5 rings (SSSR count). The second-order valence-corrected chi connectivity index (χ2v) is 13.3. The van der Waals surface area contributed by atoms with Gasteiger partial charge in [0.25, 0.3) is 11.6 Å². The second kappa shape index (κ2) is 14.1. The minimum atomic E-state index is -1.60. The molecule has 1 amide bonds. The molecule has 3 aromatic rings. The number of carbonyl (C=O) groups is 3. The lowest BCUT2D eigenvalue weighted by molar-refractivity contribution is -0.183. The maximum absolute atomic E-state index is 14.1. The van der Waals surface area contributed by atoms with E-state index in [9.17, 15) is 19.5 Å². The minimum Gasteiger partial charge on any atom is -0.507 e. The van der Waals surface area contributed by atoms with Gasteiger partial charge in [-0.25, -0.2) is 9.79 Å². The Morgan fingerprint density at radius 3 is 2.04 bits per heavy atom. The van der Waals surface area contributed by atoms with Crippen LogP contribution in [0.2, 0.25) is 0 Å². The summed E-state index contributed by atoms with van der Waals surface area (Å²) in [7, 11) is 1.42. The van der Waals surface area contributed by atoms with Crippen LogP contribution in [0, 0.1) is 0 Å². The van der Waals surface area contributed by atoms with Crippen LogP contribution < -0.4 is 0 Å². The first-order chi connectivity index (χ1) is 22.5. The van der Waals surface area contributed by atoms with Gasteiger partial charge in [-0.1, -0.05) is 88.4 Å². The highest BCUT2D eigenvalue weighted by atomic mass is 32.2. The number of nitrogens with zero attached hydrogens (tertiary/aromatic N) is 2. The van der Waals surface area contributed by atoms with Gasteiger partial charge in [0.05, 0.1) is 0 Å². The van der Waals surface area contributed by atoms with Crippen LogP contribution in [-0.4, -0.2) is 64.6 Å². The van der Waals surface area contributed by atoms with Crippen LogP contribution in [0.5, 0.6) is 5.75 Å². The summed E-state index contributed by atoms with van der Waals surface area (Å²) in [6.45, 7) is 9.13. The number of methoxy groups -OCH3 is 1. The number of carbonyl (C=O) groups excluding carboxylic acids is 3. The van der Waals surface area contributed by atoms with Crippen molar-refractivity contribution in [1.29, 1.82) is 0 Å². The fourth-order valence-corrected chi connectivity index (χ4v) is 7.21. The molecule has 0 aliphatic carbocycles. The summed E-state index contributed by atoms with van der Waals surface area (Å²) >= 11 is 1.36. The standard InChI is InChI=1S/C37H40N2O7S/c1-22(2)29-17-25(18-30(23(3)4)32(29)41)19-38-37(44-6)35(43)39-31(28(20-45-24(5)40)21-47-36(37)39)34(42)46-33(26-13-9-7-10-14-26)27-15-11-8-12-16-27/h7-19,22-23,33,36,41H,20-21H2,1-6H3/t36-,37-/m0/s1. The van der Waals surface area contributed by atoms with E-state index in [0.717, 1.165) is 27.8 Å². The molecule has 10 heteroatoms. The van der Waals surface area contributed by atoms with E-state index in [2.05, 4.69) is 0 Å². The number of rotatable bonds is 11. The van der Waals surface area contributed by atoms with Crippen molar-refractivity contribution in [3.05, 3.63) is 112 Å². The van der Waals surface area contributed by atoms with Crippen LogP contribution in [0.1, 0.15) is 80.4 Å². The Morgan fingerprint density at radius 2 is 1.55 bits per heavy atom. The van der Waals surface area contributed by atoms with E-state index in [1.807, 2.05) is 100 Å². The van der Waals surface area contributed by atoms with Crippen molar-refractivity contribution in [1.82, 2.24) is 4.90 Å². The van der Waals surface area contributed by atoms with Crippen molar-refractivity contribution in [2.75, 3.05) is 19.5 Å². The molecule has 9 nitrogen and oxygen atoms in total. The molecule has 2 aliphatic rings. The van der Waals surface area contributed by atoms with Gasteiger partial charge >= 0.3 is 11.9 Å². The molecular formula is C37H40N2O7S. The number of fused-ring (bicyclic) bond motifs is 1. The zero-order valence-corrected chi connectivity index (χ0v) is 28.2. The average Bonchev–Trinajstić information content (AvgIpc) is 3.07. The number of β-lactam (4-membered cyclic amide) rings is 1. The molecule has 1 fully saturated rings. The zero-order valence-electron chi connectivity index (χ0n) is 27.4. The van der Waals surface area contributed by atoms with E-state index in [0.29, 0.717) is 5.57 Å². The van der Waals surface area contributed by atoms with Gasteiger partial charge in [-0.2, -0.15) is 0 Å². The normalized spacial score (nSPS) is 19.4. The van der Waals surface area contributed by atoms with E-state index in [-0.39, 0.29) is 35.6 Å². The molecule has 2 aliphatic heterocycles. The van der Waals surface area contributed by atoms with Crippen molar-refractivity contribution in [3.63, 3.8) is 0 Å². The second-order valence-electron chi connectivity index (χ2n) is 12.2. The summed E-state index contributed by atoms with van der Waals surface area (Å²) in [6, 6.07) is 22.4. The number of thioether (sulfide) groups is 1. The van der Waals surface area contributed by atoms with Crippen molar-refractivity contribution < 1.29 is 33.7 Å². The summed E-state index contributed by atoms with van der Waals surface area (Å²) in [5, 5.41) is 10.2. The first kappa shape index (κ1) is 33.9. The summed E-state index contributed by atoms with van der Waals surface area (Å²) in [6.07, 6.45) is 0.842. The summed E-state index contributed by atoms with van der Waals surface area (Å²) in [4.78, 5) is 46.0. The van der Waals surface area contributed by atoms with Crippen molar-refractivity contribution in [2.24, 2.45) is 4.99 Å². The van der Waals surface area contributed by atoms with Crippen LogP contribution in [0.4, 0.5) is 0 Å². The van der Waals surface area contributed by atoms with Crippen LogP contribution in [0.15, 0.2) is 89.1 Å². The Hall–Kier alpha value is -4.41. The third-order valence-corrected chi connectivity index (χ3v) is 9.67. The maximum Gasteiger partial charge on any atom is 0.356 e. The lowest BCUT2D eigenvalue weighted by atomic mass is 9.91. The molecule has 2 heterocycles. The van der Waals surface area contributed by atoms with Gasteiger partial charge in [0, 0.05) is 31.6 Å². The number of hydrogen-bond donors (Lipinski definition) is 1. The Bertz CT molecular complexity index is 1640. The van der Waals surface area contributed by atoms with Gasteiger partial charge < -0.3 is 19.3 Å². The Labute approximate surface area is 279 Å². The summed E-state index contributed by atoms with van der Waals surface area (Å²) in [5.41, 5.74) is 2.69. The Balaban J connectivity index is 1.50. The van der Waals surface area contributed by atoms with Gasteiger partial charge in [-0.15, -0.1) is 11.8 Å². The molecule has 0 saturated carbocycles. The van der Waals surface area contributed by atoms with Gasteiger partial charge in [0.1, 0.15) is 23.4 Å². The van der Waals surface area contributed by atoms with E-state index in [1.165, 1.54) is 30.7 Å². The Morgan fingerprint density at radius 1 is 1.00 bits per heavy atom. The number of hydrogen-bond acceptors (Lipinski definition) is 9. The molecule has 1 saturated heterocycles. The zero-order chi connectivity index (χ0) is 33.9. The summed E-state index contributed by atoms with van der Waals surface area (Å²) < 4.78 is 17.3. The topological polar surface area (TPSA) is 115 Å². The third kappa shape index (κ3) is 6.71. The number of aromatic hydroxyl groups is 1. The van der Waals surface area contributed by atoms with Crippen LogP contribution in [-0.2, 0) is 28.6 Å². The predicted molar refractivity (Wildman–Crippen MR) is 181 cm³/mol. The summed E-state index contributed by atoms with van der Waals surface area (Å²) in [5.74, 6) is -1.09. The molecule has 2 atom stereocenters. The van der Waals surface area contributed by atoms with Gasteiger partial charge in [-0.05, 0) is 51.8 Å². The number of amides is 1. The first-order valence-corrected chi connectivity index (χ1v) is 16.6. The van der Waals surface area contributed by atoms with Crippen LogP contribution >= 0.6 is 11.8 Å². The largest absolute Gasteiger partial charge is 0.507 e. The highest BCUT2D eigenvalue weighted by molar-refractivity contribution is 8.00. The molecule has 0 unspecified atom stereocenters. The van der Waals surface area contributed by atoms with Crippen LogP contribution in [0.3, 0.4) is 0 Å². The van der Waals surface area contributed by atoms with E-state index in [1.54, 1.807) is 6.21 Å². The molecule has 0 radical (unpaired) electrons. The highest BCUT2D eigenvalue weighted by Gasteiger charge is 2.66. The third-order valence-electron chi connectivity index (χ3n) is 8.31. The van der Waals surface area contributed by atoms with E-state index < -0.39 is 35.0 Å². The van der Waals surface area contributed by atoms with Gasteiger partial charge in [-0.3, -0.25) is 14.5 Å². The maximum atomic E-state index is 14.1. The number of aliphatic imine (C=N–C) groups is 1. The van der Waals surface area contributed by atoms with E-state index in [4.69, 9.17) is 19.2 Å². The smallest absolute Gasteiger partial charge is 0.356 e. The van der Waals surface area contributed by atoms with Gasteiger partial charge in [0.2, 0.25) is 0 Å². The number of esters is 2. The quantitative estimate of drug-likeness (QED) is 0.142. The minimum absolute atomic E-state index is 0.0218. The lowest BCUT2D eigenvalue weighted by Gasteiger charge is -2.54. The Kier molecular flexibility index (Phi) is 10.2. The fraction of sp³-hybridized carbons (Fsp3) is 0.351. The van der Waals surface area contributed by atoms with Gasteiger partial charge in [0.15, 0.2) is 6.10 Å². The number of phenols is 1. The highest BCUT2D eigenvalue weighted by Crippen LogP contribution is 2.49. The molecule has 3 aromatic carbocycles. The lowest BCUT2D eigenvalue weighted by Crippen LogP contribution is -2.73. The molecule has 47 heavy (non-hydrogen) atoms. The van der Waals surface area contributed by atoms with Crippen molar-refractivity contribution >= 4 is 35.8 Å². The predicted octanol–water partition coefficient (Wildman–Crippen LogP) is 6.47. The number of phenolic OH excluding ortho intramolecular Hbond substituents is 1. The van der Waals surface area contributed by atoms with Crippen molar-refractivity contribution in [2.45, 2.75) is 63.7 Å². The molecule has 246 valence electrons. The molecular weight excluding hydrogens is 616 g/mol. The average molecular weight is 657 g/mol. The first-order valence-electron chi connectivity index (χ1n) is 15.6.